The molecule has 1 aliphatic heterocycles. The number of carbonyl (C=O) groups is 2. The minimum atomic E-state index is -0.356. The first kappa shape index (κ1) is 31.3. The molecule has 2 aromatic rings. The van der Waals surface area contributed by atoms with E-state index in [4.69, 9.17) is 9.47 Å². The molecule has 3 rings (SSSR count). The topological polar surface area (TPSA) is 73.9 Å². The Hall–Kier alpha value is -2.70. The fourth-order valence-corrected chi connectivity index (χ4v) is 3.61. The lowest BCUT2D eigenvalue weighted by molar-refractivity contribution is -0.151. The average molecular weight is 500 g/mol. The van der Waals surface area contributed by atoms with Crippen LogP contribution in [0.15, 0.2) is 60.7 Å². The maximum absolute atomic E-state index is 11.9. The lowest BCUT2D eigenvalue weighted by atomic mass is 9.95. The van der Waals surface area contributed by atoms with Crippen LogP contribution in [-0.4, -0.2) is 50.4 Å². The zero-order chi connectivity index (χ0) is 26.8. The molecule has 0 bridgehead atoms. The molecule has 0 saturated carbocycles. The van der Waals surface area contributed by atoms with Crippen molar-refractivity contribution in [2.75, 3.05) is 20.3 Å². The highest BCUT2D eigenvalue weighted by molar-refractivity contribution is 5.76. The summed E-state index contributed by atoms with van der Waals surface area (Å²) in [6, 6.07) is 20.4. The van der Waals surface area contributed by atoms with Crippen LogP contribution in [0.4, 0.5) is 0 Å². The number of hydrogen-bond donors (Lipinski definition) is 1. The summed E-state index contributed by atoms with van der Waals surface area (Å²) in [5, 5.41) is 2.95. The van der Waals surface area contributed by atoms with Crippen LogP contribution in [0, 0.1) is 12.8 Å². The van der Waals surface area contributed by atoms with Gasteiger partial charge in [-0.2, -0.15) is 0 Å². The summed E-state index contributed by atoms with van der Waals surface area (Å²) in [6.07, 6.45) is 4.14. The molecule has 0 aliphatic carbocycles. The first-order valence-electron chi connectivity index (χ1n) is 12.8. The molecule has 1 aliphatic rings. The Morgan fingerprint density at radius 3 is 2.11 bits per heavy atom. The normalized spacial score (nSPS) is 20.1. The molecule has 1 fully saturated rings. The van der Waals surface area contributed by atoms with Gasteiger partial charge in [-0.3, -0.25) is 9.59 Å². The number of carbonyl (C=O) groups excluding carboxylic acids is 2. The van der Waals surface area contributed by atoms with E-state index in [2.05, 4.69) is 53.4 Å². The summed E-state index contributed by atoms with van der Waals surface area (Å²) in [5.41, 5.74) is 2.38. The third kappa shape index (κ3) is 15.3. The lowest BCUT2D eigenvalue weighted by Crippen LogP contribution is -2.40. The van der Waals surface area contributed by atoms with Crippen molar-refractivity contribution in [3.8, 4) is 0 Å². The molecule has 2 unspecified atom stereocenters. The maximum atomic E-state index is 11.9. The summed E-state index contributed by atoms with van der Waals surface area (Å²) < 4.78 is 15.8. The number of rotatable bonds is 6. The van der Waals surface area contributed by atoms with Crippen molar-refractivity contribution in [2.24, 2.45) is 5.92 Å². The van der Waals surface area contributed by atoms with Gasteiger partial charge in [-0.1, -0.05) is 66.2 Å². The highest BCUT2D eigenvalue weighted by Crippen LogP contribution is 2.20. The Bertz CT molecular complexity index is 835. The van der Waals surface area contributed by atoms with Crippen molar-refractivity contribution in [3.63, 3.8) is 0 Å². The smallest absolute Gasteiger partial charge is 0.325 e. The van der Waals surface area contributed by atoms with Crippen molar-refractivity contribution in [1.29, 1.82) is 0 Å². The molecule has 36 heavy (non-hydrogen) atoms. The molecule has 1 heterocycles. The van der Waals surface area contributed by atoms with E-state index < -0.39 is 0 Å². The molecule has 0 radical (unpaired) electrons. The first-order chi connectivity index (χ1) is 17.1. The first-order valence-corrected chi connectivity index (χ1v) is 12.8. The van der Waals surface area contributed by atoms with Crippen LogP contribution in [-0.2, 0) is 30.2 Å². The monoisotopic (exact) mass is 499 g/mol. The lowest BCUT2D eigenvalue weighted by Gasteiger charge is -2.19. The molecule has 0 aromatic heterocycles. The van der Waals surface area contributed by atoms with Crippen molar-refractivity contribution in [1.82, 2.24) is 5.32 Å². The number of likely N-dealkylation sites (N-methyl/N-ethyl adjacent to an activating group) is 1. The Balaban J connectivity index is 0.000000376. The van der Waals surface area contributed by atoms with E-state index in [0.29, 0.717) is 25.6 Å². The van der Waals surface area contributed by atoms with Gasteiger partial charge in [-0.25, -0.2) is 0 Å². The van der Waals surface area contributed by atoms with E-state index in [0.717, 1.165) is 25.7 Å². The minimum absolute atomic E-state index is 0.0493. The van der Waals surface area contributed by atoms with Crippen LogP contribution in [0.2, 0.25) is 0 Å². The predicted octanol–water partition coefficient (Wildman–Crippen LogP) is 5.52. The predicted molar refractivity (Wildman–Crippen MR) is 145 cm³/mol. The molecule has 200 valence electrons. The zero-order valence-electron chi connectivity index (χ0n) is 22.9. The molecular formula is C30H45NO5. The molecule has 1 N–H and O–H groups in total. The highest BCUT2D eigenvalue weighted by Gasteiger charge is 2.25. The van der Waals surface area contributed by atoms with Gasteiger partial charge in [0.1, 0.15) is 11.6 Å². The largest absolute Gasteiger partial charge is 0.462 e. The molecule has 0 spiro atoms. The maximum Gasteiger partial charge on any atom is 0.325 e. The van der Waals surface area contributed by atoms with Crippen LogP contribution < -0.4 is 5.32 Å². The third-order valence-corrected chi connectivity index (χ3v) is 5.52. The van der Waals surface area contributed by atoms with Gasteiger partial charge >= 0.3 is 5.97 Å². The molecule has 2 aromatic carbocycles. The fourth-order valence-electron chi connectivity index (χ4n) is 3.61. The van der Waals surface area contributed by atoms with Crippen molar-refractivity contribution < 1.29 is 23.8 Å². The number of esters is 1. The second-order valence-corrected chi connectivity index (χ2v) is 10.1. The molecule has 6 heteroatoms. The zero-order valence-corrected chi connectivity index (χ0v) is 22.9. The molecule has 0 amide bonds. The van der Waals surface area contributed by atoms with Crippen LogP contribution in [0.3, 0.4) is 0 Å². The number of nitrogens with one attached hydrogen (secondary N) is 1. The van der Waals surface area contributed by atoms with E-state index in [1.165, 1.54) is 11.1 Å². The average Bonchev–Trinajstić information content (AvgIpc) is 2.89. The number of hydrogen-bond acceptors (Lipinski definition) is 6. The Morgan fingerprint density at radius 1 is 1.03 bits per heavy atom. The van der Waals surface area contributed by atoms with E-state index in [-0.39, 0.29) is 23.7 Å². The number of benzene rings is 2. The number of cyclic esters (lactones) is 1. The molecule has 6 nitrogen and oxygen atoms in total. The van der Waals surface area contributed by atoms with E-state index in [9.17, 15) is 9.59 Å². The van der Waals surface area contributed by atoms with Crippen molar-refractivity contribution >= 4 is 12.4 Å². The summed E-state index contributed by atoms with van der Waals surface area (Å²) in [5.74, 6) is 0.238. The Morgan fingerprint density at radius 2 is 1.64 bits per heavy atom. The van der Waals surface area contributed by atoms with Gasteiger partial charge in [0.05, 0.1) is 12.7 Å². The van der Waals surface area contributed by atoms with Crippen LogP contribution >= 0.6 is 0 Å². The van der Waals surface area contributed by atoms with Crippen molar-refractivity contribution in [2.45, 2.75) is 78.0 Å². The standard InChI is InChI=1S/C18H27NO3.C7H8.C5H10O2/c1-14-11-16(10-6-9-15-7-4-3-5-8-15)12-21-13-17(19-2)18(20)22-14;1-7-5-3-2-4-6-7;1-5(2,3)7-4-6/h3-5,7-8,14,16-17,19H,6,9-13H2,1-2H3;2-6H,1H3;4H,1-3H3/t14?,16?,17-;;/m0../s1. The minimum Gasteiger partial charge on any atom is -0.462 e. The second kappa shape index (κ2) is 17.7. The van der Waals surface area contributed by atoms with Crippen LogP contribution in [0.5, 0.6) is 0 Å². The molecular weight excluding hydrogens is 454 g/mol. The highest BCUT2D eigenvalue weighted by atomic mass is 16.6. The Kier molecular flexibility index (Phi) is 15.4. The quantitative estimate of drug-likeness (QED) is 0.417. The molecule has 3 atom stereocenters. The summed E-state index contributed by atoms with van der Waals surface area (Å²) in [7, 11) is 1.76. The number of ether oxygens (including phenoxy) is 3. The summed E-state index contributed by atoms with van der Waals surface area (Å²) >= 11 is 0. The van der Waals surface area contributed by atoms with Gasteiger partial charge in [0.15, 0.2) is 0 Å². The van der Waals surface area contributed by atoms with Gasteiger partial charge in [-0.15, -0.1) is 0 Å². The Labute approximate surface area is 217 Å². The van der Waals surface area contributed by atoms with Crippen LogP contribution in [0.1, 0.15) is 58.1 Å². The summed E-state index contributed by atoms with van der Waals surface area (Å²) in [4.78, 5) is 21.5. The summed E-state index contributed by atoms with van der Waals surface area (Å²) in [6.45, 7) is 11.1. The fraction of sp³-hybridized carbons (Fsp3) is 0.533. The van der Waals surface area contributed by atoms with Gasteiger partial charge < -0.3 is 19.5 Å². The third-order valence-electron chi connectivity index (χ3n) is 5.52. The second-order valence-electron chi connectivity index (χ2n) is 10.1. The van der Waals surface area contributed by atoms with Gasteiger partial charge in [-0.05, 0) is 78.8 Å². The van der Waals surface area contributed by atoms with Gasteiger partial charge in [0.2, 0.25) is 0 Å². The van der Waals surface area contributed by atoms with Gasteiger partial charge in [0.25, 0.3) is 6.47 Å². The van der Waals surface area contributed by atoms with Gasteiger partial charge in [0, 0.05) is 6.61 Å². The van der Waals surface area contributed by atoms with E-state index in [1.807, 2.05) is 52.0 Å². The number of aryl methyl sites for hydroxylation is 2. The SMILES string of the molecule is CC(C)(C)OC=O.CN[C@H]1COCC(CCCc2ccccc2)CC(C)OC1=O.Cc1ccccc1. The van der Waals surface area contributed by atoms with Crippen molar-refractivity contribution in [3.05, 3.63) is 71.8 Å². The van der Waals surface area contributed by atoms with Crippen LogP contribution in [0.25, 0.3) is 0 Å². The molecule has 1 saturated heterocycles. The van der Waals surface area contributed by atoms with E-state index >= 15 is 0 Å². The van der Waals surface area contributed by atoms with E-state index in [1.54, 1.807) is 7.05 Å².